The van der Waals surface area contributed by atoms with Crippen LogP contribution in [0.4, 0.5) is 5.69 Å². The molecule has 0 fully saturated rings. The molecule has 1 aromatic carbocycles. The van der Waals surface area contributed by atoms with E-state index in [9.17, 15) is 13.2 Å². The highest BCUT2D eigenvalue weighted by Gasteiger charge is 2.11. The zero-order valence-corrected chi connectivity index (χ0v) is 10.9. The molecule has 0 aliphatic carbocycles. The van der Waals surface area contributed by atoms with E-state index in [0.717, 1.165) is 0 Å². The Balaban J connectivity index is 3.00. The predicted molar refractivity (Wildman–Crippen MR) is 65.1 cm³/mol. The molecule has 0 radical (unpaired) electrons. The van der Waals surface area contributed by atoms with E-state index >= 15 is 0 Å². The molecule has 0 saturated heterocycles. The van der Waals surface area contributed by atoms with Crippen LogP contribution >= 0.6 is 15.9 Å². The van der Waals surface area contributed by atoms with Crippen LogP contribution in [0.3, 0.4) is 0 Å². The summed E-state index contributed by atoms with van der Waals surface area (Å²) in [6.07, 6.45) is 0. The molecule has 0 bridgehead atoms. The number of hydrogen-bond acceptors (Lipinski definition) is 3. The summed E-state index contributed by atoms with van der Waals surface area (Å²) < 4.78 is 25.2. The van der Waals surface area contributed by atoms with E-state index in [0.29, 0.717) is 5.69 Å². The van der Waals surface area contributed by atoms with Gasteiger partial charge in [-0.05, 0) is 25.2 Å². The molecule has 1 amide bonds. The Morgan fingerprint density at radius 1 is 1.44 bits per heavy atom. The number of benzene rings is 1. The summed E-state index contributed by atoms with van der Waals surface area (Å²) in [4.78, 5) is 11.2. The first-order valence-electron chi connectivity index (χ1n) is 4.39. The highest BCUT2D eigenvalue weighted by atomic mass is 79.9. The molecular formula is C9H11BrN2O3S. The summed E-state index contributed by atoms with van der Waals surface area (Å²) >= 11 is 3.00. The third-order valence-corrected chi connectivity index (χ3v) is 3.74. The van der Waals surface area contributed by atoms with Crippen molar-refractivity contribution < 1.29 is 13.2 Å². The second kappa shape index (κ2) is 5.42. The molecule has 1 aromatic rings. The highest BCUT2D eigenvalue weighted by Crippen LogP contribution is 2.15. The van der Waals surface area contributed by atoms with Gasteiger partial charge >= 0.3 is 0 Å². The maximum absolute atomic E-state index is 11.5. The topological polar surface area (TPSA) is 75.3 Å². The molecule has 5 nitrogen and oxygen atoms in total. The molecule has 0 aromatic heterocycles. The quantitative estimate of drug-likeness (QED) is 0.813. The van der Waals surface area contributed by atoms with Crippen molar-refractivity contribution in [2.24, 2.45) is 0 Å². The highest BCUT2D eigenvalue weighted by molar-refractivity contribution is 9.09. The summed E-state index contributed by atoms with van der Waals surface area (Å²) in [6.45, 7) is 0. The second-order valence-corrected chi connectivity index (χ2v) is 5.36. The Kier molecular flexibility index (Phi) is 4.45. The van der Waals surface area contributed by atoms with Crippen LogP contribution in [0.2, 0.25) is 0 Å². The Bertz CT molecular complexity index is 487. The van der Waals surface area contributed by atoms with E-state index in [1.807, 2.05) is 0 Å². The zero-order valence-electron chi connectivity index (χ0n) is 8.53. The van der Waals surface area contributed by atoms with Crippen molar-refractivity contribution in [2.75, 3.05) is 17.7 Å². The average Bonchev–Trinajstić information content (AvgIpc) is 2.29. The molecule has 2 N–H and O–H groups in total. The van der Waals surface area contributed by atoms with E-state index in [4.69, 9.17) is 0 Å². The minimum Gasteiger partial charge on any atom is -0.325 e. The first-order valence-corrected chi connectivity index (χ1v) is 6.99. The minimum absolute atomic E-state index is 0.113. The molecule has 0 saturated carbocycles. The van der Waals surface area contributed by atoms with E-state index in [2.05, 4.69) is 26.0 Å². The fraction of sp³-hybridized carbons (Fsp3) is 0.222. The SMILES string of the molecule is CNS(=O)(=O)c1cccc(NC(=O)CBr)c1. The van der Waals surface area contributed by atoms with Crippen LogP contribution in [0.1, 0.15) is 0 Å². The number of carbonyl (C=O) groups is 1. The van der Waals surface area contributed by atoms with Crippen molar-refractivity contribution in [2.45, 2.75) is 4.90 Å². The fourth-order valence-electron chi connectivity index (χ4n) is 1.05. The van der Waals surface area contributed by atoms with Gasteiger partial charge < -0.3 is 5.32 Å². The molecule has 0 aliphatic rings. The van der Waals surface area contributed by atoms with Crippen molar-refractivity contribution in [1.29, 1.82) is 0 Å². The lowest BCUT2D eigenvalue weighted by Crippen LogP contribution is -2.19. The van der Waals surface area contributed by atoms with Crippen LogP contribution < -0.4 is 10.0 Å². The van der Waals surface area contributed by atoms with Crippen LogP contribution in [-0.4, -0.2) is 26.7 Å². The number of amides is 1. The maximum Gasteiger partial charge on any atom is 0.240 e. The van der Waals surface area contributed by atoms with Crippen LogP contribution in [0, 0.1) is 0 Å². The van der Waals surface area contributed by atoms with Gasteiger partial charge in [0.2, 0.25) is 15.9 Å². The van der Waals surface area contributed by atoms with Crippen LogP contribution in [-0.2, 0) is 14.8 Å². The Morgan fingerprint density at radius 2 is 2.12 bits per heavy atom. The number of anilines is 1. The van der Waals surface area contributed by atoms with Crippen molar-refractivity contribution in [1.82, 2.24) is 4.72 Å². The van der Waals surface area contributed by atoms with E-state index < -0.39 is 10.0 Å². The number of nitrogens with one attached hydrogen (secondary N) is 2. The first-order chi connectivity index (χ1) is 7.49. The molecule has 0 aliphatic heterocycles. The number of hydrogen-bond donors (Lipinski definition) is 2. The van der Waals surface area contributed by atoms with Gasteiger partial charge in [-0.3, -0.25) is 4.79 Å². The van der Waals surface area contributed by atoms with Crippen molar-refractivity contribution in [3.8, 4) is 0 Å². The fourth-order valence-corrected chi connectivity index (χ4v) is 1.97. The normalized spacial score (nSPS) is 11.1. The van der Waals surface area contributed by atoms with Gasteiger partial charge in [0.05, 0.1) is 10.2 Å². The molecule has 0 atom stereocenters. The van der Waals surface area contributed by atoms with Gasteiger partial charge in [0, 0.05) is 5.69 Å². The Labute approximate surface area is 102 Å². The smallest absolute Gasteiger partial charge is 0.240 e. The third-order valence-electron chi connectivity index (χ3n) is 1.82. The summed E-state index contributed by atoms with van der Waals surface area (Å²) in [5.74, 6) is -0.237. The van der Waals surface area contributed by atoms with Gasteiger partial charge in [0.15, 0.2) is 0 Å². The Hall–Kier alpha value is -0.920. The molecule has 0 unspecified atom stereocenters. The van der Waals surface area contributed by atoms with Gasteiger partial charge in [-0.2, -0.15) is 0 Å². The van der Waals surface area contributed by atoms with Crippen molar-refractivity contribution in [3.05, 3.63) is 24.3 Å². The summed E-state index contributed by atoms with van der Waals surface area (Å²) in [6, 6.07) is 6.03. The van der Waals surface area contributed by atoms with Gasteiger partial charge in [0.25, 0.3) is 0 Å². The predicted octanol–water partition coefficient (Wildman–Crippen LogP) is 0.928. The summed E-state index contributed by atoms with van der Waals surface area (Å²) in [7, 11) is -2.14. The van der Waals surface area contributed by atoms with E-state index in [1.54, 1.807) is 12.1 Å². The zero-order chi connectivity index (χ0) is 12.2. The number of rotatable bonds is 4. The van der Waals surface area contributed by atoms with Crippen LogP contribution in [0.25, 0.3) is 0 Å². The second-order valence-electron chi connectivity index (χ2n) is 2.92. The molecule has 1 rings (SSSR count). The number of sulfonamides is 1. The van der Waals surface area contributed by atoms with Crippen LogP contribution in [0.15, 0.2) is 29.2 Å². The number of carbonyl (C=O) groups excluding carboxylic acids is 1. The maximum atomic E-state index is 11.5. The van der Waals surface area contributed by atoms with Gasteiger partial charge in [-0.25, -0.2) is 13.1 Å². The lowest BCUT2D eigenvalue weighted by Gasteiger charge is -2.06. The standard InChI is InChI=1S/C9H11BrN2O3S/c1-11-16(14,15)8-4-2-3-7(5-8)12-9(13)6-10/h2-5,11H,6H2,1H3,(H,12,13). The lowest BCUT2D eigenvalue weighted by atomic mass is 10.3. The molecule has 16 heavy (non-hydrogen) atoms. The average molecular weight is 307 g/mol. The molecule has 7 heteroatoms. The van der Waals surface area contributed by atoms with Crippen molar-refractivity contribution >= 4 is 37.5 Å². The number of halogens is 1. The minimum atomic E-state index is -3.48. The molecule has 88 valence electrons. The number of alkyl halides is 1. The third kappa shape index (κ3) is 3.29. The lowest BCUT2D eigenvalue weighted by molar-refractivity contribution is -0.113. The monoisotopic (exact) mass is 306 g/mol. The Morgan fingerprint density at radius 3 is 2.69 bits per heavy atom. The van der Waals surface area contributed by atoms with Crippen molar-refractivity contribution in [3.63, 3.8) is 0 Å². The van der Waals surface area contributed by atoms with E-state index in [1.165, 1.54) is 19.2 Å². The van der Waals surface area contributed by atoms with Gasteiger partial charge in [-0.15, -0.1) is 0 Å². The van der Waals surface area contributed by atoms with E-state index in [-0.39, 0.29) is 16.1 Å². The largest absolute Gasteiger partial charge is 0.325 e. The first kappa shape index (κ1) is 13.1. The van der Waals surface area contributed by atoms with Gasteiger partial charge in [0.1, 0.15) is 0 Å². The summed E-state index contributed by atoms with van der Waals surface area (Å²) in [5.41, 5.74) is 0.445. The van der Waals surface area contributed by atoms with Crippen LogP contribution in [0.5, 0.6) is 0 Å². The molecule has 0 heterocycles. The molecule has 0 spiro atoms. The molecular weight excluding hydrogens is 296 g/mol. The van der Waals surface area contributed by atoms with Gasteiger partial charge in [-0.1, -0.05) is 22.0 Å². The summed E-state index contributed by atoms with van der Waals surface area (Å²) in [5, 5.41) is 2.71.